The molecule has 17 nitrogen and oxygen atoms in total. The number of nitrogens with zero attached hydrogens (tertiary/aromatic N) is 1. The summed E-state index contributed by atoms with van der Waals surface area (Å²) < 4.78 is 65.4. The van der Waals surface area contributed by atoms with E-state index in [1.165, 1.54) is 0 Å². The molecule has 1 aliphatic heterocycles. The van der Waals surface area contributed by atoms with Crippen LogP contribution in [0.4, 0.5) is 4.39 Å². The Hall–Kier alpha value is -1.41. The topological polar surface area (TPSA) is 270 Å². The van der Waals surface area contributed by atoms with Crippen LogP contribution in [0.3, 0.4) is 0 Å². The van der Waals surface area contributed by atoms with Crippen LogP contribution in [-0.4, -0.2) is 57.4 Å². The van der Waals surface area contributed by atoms with Gasteiger partial charge in [-0.15, -0.1) is 0 Å². The molecular formula is C12H16ClFN3O14P3. The predicted molar refractivity (Wildman–Crippen MR) is 106 cm³/mol. The van der Waals surface area contributed by atoms with Crippen LogP contribution in [0.2, 0.25) is 0 Å². The minimum atomic E-state index is -5.84. The molecule has 0 saturated carbocycles. The lowest BCUT2D eigenvalue weighted by Crippen LogP contribution is -2.45. The predicted octanol–water partition coefficient (Wildman–Crippen LogP) is -1.44. The lowest BCUT2D eigenvalue weighted by Gasteiger charge is -2.26. The van der Waals surface area contributed by atoms with Crippen molar-refractivity contribution in [1.29, 1.82) is 0 Å². The second-order valence-electron chi connectivity index (χ2n) is 6.48. The van der Waals surface area contributed by atoms with Gasteiger partial charge in [0.25, 0.3) is 5.56 Å². The summed E-state index contributed by atoms with van der Waals surface area (Å²) in [4.78, 5) is 58.6. The number of alkyl halides is 1. The van der Waals surface area contributed by atoms with Crippen LogP contribution < -0.4 is 17.0 Å². The molecule has 0 amide bonds. The fourth-order valence-electron chi connectivity index (χ4n) is 2.79. The van der Waals surface area contributed by atoms with E-state index in [4.69, 9.17) is 31.9 Å². The van der Waals surface area contributed by atoms with E-state index in [-0.39, 0.29) is 0 Å². The van der Waals surface area contributed by atoms with E-state index in [2.05, 4.69) is 19.1 Å². The molecule has 1 aliphatic rings. The molecule has 1 fully saturated rings. The van der Waals surface area contributed by atoms with Crippen molar-refractivity contribution in [1.82, 2.24) is 9.55 Å². The van der Waals surface area contributed by atoms with Gasteiger partial charge in [-0.2, -0.15) is 13.0 Å². The molecule has 2 heterocycles. The Morgan fingerprint density at radius 2 is 1.85 bits per heavy atom. The average molecular weight is 574 g/mol. The number of phosphoric ester groups is 1. The number of aliphatic hydroxyl groups excluding tert-OH is 1. The van der Waals surface area contributed by atoms with Gasteiger partial charge in [-0.05, 0) is 12.8 Å². The van der Waals surface area contributed by atoms with E-state index in [1.807, 2.05) is 6.04 Å². The number of hydrogen-bond donors (Lipinski definition) is 7. The van der Waals surface area contributed by atoms with Gasteiger partial charge in [0.15, 0.2) is 11.1 Å². The highest BCUT2D eigenvalue weighted by Gasteiger charge is 2.58. The molecule has 0 bridgehead atoms. The summed E-state index contributed by atoms with van der Waals surface area (Å²) in [5.41, 5.74) is 2.49. The van der Waals surface area contributed by atoms with Crippen LogP contribution in [0.15, 0.2) is 15.8 Å². The minimum Gasteiger partial charge on any atom is -0.387 e. The molecular weight excluding hydrogens is 558 g/mol. The van der Waals surface area contributed by atoms with Crippen molar-refractivity contribution in [3.05, 3.63) is 32.9 Å². The standard InChI is InChI=1S/C12H16ClFN3O14P3/c1-5(29-33(24,25)31-34(26,27)30-32(21,22)23)7-8(18)12(13,2-3-15)10(28-7)17-4-6(14)9(19)16-11(17)20/h4-5,7-8,10,18H,15H2,1H3,(H,24,25)(H,26,27)(H,16,19,20)(H2,21,22,23)/t5-,7-,8+,10-,12?/m1/s1. The molecule has 192 valence electrons. The molecule has 1 saturated heterocycles. The van der Waals surface area contributed by atoms with Crippen molar-refractivity contribution in [2.24, 2.45) is 5.73 Å². The monoisotopic (exact) mass is 573 g/mol. The number of nitrogens with two attached hydrogens (primary N) is 1. The zero-order valence-corrected chi connectivity index (χ0v) is 19.9. The molecule has 0 radical (unpaired) electrons. The van der Waals surface area contributed by atoms with E-state index in [0.717, 1.165) is 6.92 Å². The maximum atomic E-state index is 13.7. The summed E-state index contributed by atoms with van der Waals surface area (Å²) in [5.74, 6) is 0.670. The number of nitrogens with one attached hydrogen (secondary N) is 1. The summed E-state index contributed by atoms with van der Waals surface area (Å²) in [5, 5.41) is 10.6. The maximum absolute atomic E-state index is 13.7. The molecule has 22 heteroatoms. The van der Waals surface area contributed by atoms with Crippen molar-refractivity contribution >= 4 is 35.1 Å². The first-order chi connectivity index (χ1) is 15.3. The Balaban J connectivity index is 2.36. The Morgan fingerprint density at radius 1 is 1.26 bits per heavy atom. The second-order valence-corrected chi connectivity index (χ2v) is 11.5. The highest BCUT2D eigenvalue weighted by molar-refractivity contribution is 7.66. The van der Waals surface area contributed by atoms with E-state index < -0.39 is 69.9 Å². The van der Waals surface area contributed by atoms with Crippen molar-refractivity contribution in [2.45, 2.75) is 36.3 Å². The maximum Gasteiger partial charge on any atom is 0.490 e. The average Bonchev–Trinajstić information content (AvgIpc) is 2.86. The Kier molecular flexibility index (Phi) is 8.41. The number of hydrogen-bond acceptors (Lipinski definition) is 11. The number of rotatable bonds is 8. The second kappa shape index (κ2) is 9.92. The smallest absolute Gasteiger partial charge is 0.387 e. The van der Waals surface area contributed by atoms with Crippen LogP contribution in [-0.2, 0) is 31.6 Å². The fourth-order valence-corrected chi connectivity index (χ4v) is 6.33. The quantitative estimate of drug-likeness (QED) is 0.0812. The van der Waals surface area contributed by atoms with Crippen LogP contribution in [0.25, 0.3) is 0 Å². The highest BCUT2D eigenvalue weighted by atomic mass is 35.5. The van der Waals surface area contributed by atoms with Crippen molar-refractivity contribution in [2.75, 3.05) is 0 Å². The minimum absolute atomic E-state index is 0.378. The molecule has 0 aliphatic carbocycles. The van der Waals surface area contributed by atoms with Gasteiger partial charge in [0.1, 0.15) is 12.2 Å². The summed E-state index contributed by atoms with van der Waals surface area (Å²) in [6, 6.07) is 1.85. The Labute approximate surface area is 192 Å². The van der Waals surface area contributed by atoms with E-state index >= 15 is 0 Å². The molecule has 3 unspecified atom stereocenters. The number of aromatic nitrogens is 2. The summed E-state index contributed by atoms with van der Waals surface area (Å²) in [7, 11) is -17.1. The molecule has 2 rings (SSSR count). The lowest BCUT2D eigenvalue weighted by molar-refractivity contribution is -0.0751. The van der Waals surface area contributed by atoms with Gasteiger partial charge in [0.05, 0.1) is 12.3 Å². The molecule has 34 heavy (non-hydrogen) atoms. The lowest BCUT2D eigenvalue weighted by atomic mass is 9.97. The van der Waals surface area contributed by atoms with Gasteiger partial charge >= 0.3 is 29.2 Å². The van der Waals surface area contributed by atoms with E-state index in [9.17, 15) is 42.6 Å². The van der Waals surface area contributed by atoms with Crippen molar-refractivity contribution in [3.8, 4) is 12.0 Å². The van der Waals surface area contributed by atoms with Crippen molar-refractivity contribution < 1.29 is 60.6 Å². The molecule has 8 N–H and O–H groups in total. The van der Waals surface area contributed by atoms with Gasteiger partial charge < -0.3 is 35.2 Å². The van der Waals surface area contributed by atoms with Gasteiger partial charge in [0, 0.05) is 6.04 Å². The number of phosphoric acid groups is 3. The zero-order chi connectivity index (χ0) is 26.3. The third-order valence-electron chi connectivity index (χ3n) is 4.01. The van der Waals surface area contributed by atoms with Gasteiger partial charge in [-0.25, -0.2) is 18.5 Å². The van der Waals surface area contributed by atoms with Crippen LogP contribution in [0, 0.1) is 17.8 Å². The van der Waals surface area contributed by atoms with Crippen LogP contribution in [0.1, 0.15) is 13.2 Å². The summed E-state index contributed by atoms with van der Waals surface area (Å²) in [6.45, 7) is 0.943. The number of ether oxygens (including phenoxy) is 1. The van der Waals surface area contributed by atoms with E-state index in [1.54, 1.807) is 4.98 Å². The number of H-pyrrole nitrogens is 1. The number of halogens is 2. The zero-order valence-electron chi connectivity index (χ0n) is 16.4. The van der Waals surface area contributed by atoms with Crippen molar-refractivity contribution in [3.63, 3.8) is 0 Å². The van der Waals surface area contributed by atoms with Crippen LogP contribution in [0.5, 0.6) is 0 Å². The Morgan fingerprint density at radius 3 is 2.38 bits per heavy atom. The number of aliphatic hydroxyl groups is 1. The van der Waals surface area contributed by atoms with Gasteiger partial charge in [-0.1, -0.05) is 11.6 Å². The Bertz CT molecular complexity index is 1270. The van der Waals surface area contributed by atoms with Gasteiger partial charge in [0.2, 0.25) is 5.82 Å². The third-order valence-corrected chi connectivity index (χ3v) is 8.44. The largest absolute Gasteiger partial charge is 0.490 e. The van der Waals surface area contributed by atoms with E-state index in [0.29, 0.717) is 10.8 Å². The number of aromatic amines is 1. The first-order valence-corrected chi connectivity index (χ1v) is 13.3. The third kappa shape index (κ3) is 6.62. The summed E-state index contributed by atoms with van der Waals surface area (Å²) >= 11 is 6.26. The van der Waals surface area contributed by atoms with Crippen LogP contribution >= 0.6 is 35.1 Å². The summed E-state index contributed by atoms with van der Waals surface area (Å²) in [6.07, 6.45) is -7.11. The first-order valence-electron chi connectivity index (χ1n) is 8.40. The molecule has 1 aromatic rings. The molecule has 7 atom stereocenters. The molecule has 0 aromatic carbocycles. The SMILES string of the molecule is C[C@@H](OP(=O)(O)OP(=O)(O)OP(=O)(O)O)[C@H]1O[C@@H](n2cc(F)c(=O)[nH]c2=O)C(Cl)(C#CN)[C@H]1O. The highest BCUT2D eigenvalue weighted by Crippen LogP contribution is 2.66. The first kappa shape index (κ1) is 28.8. The normalized spacial score (nSPS) is 29.5. The molecule has 1 aromatic heterocycles. The fraction of sp³-hybridized carbons (Fsp3) is 0.500. The molecule has 0 spiro atoms. The van der Waals surface area contributed by atoms with Gasteiger partial charge in [-0.3, -0.25) is 18.9 Å².